The van der Waals surface area contributed by atoms with E-state index < -0.39 is 161 Å². The Balaban J connectivity index is 3.59. The van der Waals surface area contributed by atoms with Gasteiger partial charge in [0.1, 0.15) is 0 Å². The minimum atomic E-state index is -9.02. The summed E-state index contributed by atoms with van der Waals surface area (Å²) in [5.74, 6) is -125. The number of halogens is 34. The molecule has 0 fully saturated rings. The van der Waals surface area contributed by atoms with Crippen molar-refractivity contribution >= 4 is 23.5 Å². The quantitative estimate of drug-likeness (QED) is 0.0980. The normalized spacial score (nSPS) is 15.6. The van der Waals surface area contributed by atoms with E-state index in [4.69, 9.17) is 0 Å². The highest BCUT2D eigenvalue weighted by molar-refractivity contribution is 6.00. The van der Waals surface area contributed by atoms with Crippen molar-refractivity contribution in [1.29, 1.82) is 0 Å². The van der Waals surface area contributed by atoms with Crippen molar-refractivity contribution in [3.8, 4) is 0 Å². The number of hydrogen-bond donors (Lipinski definition) is 1. The van der Waals surface area contributed by atoms with Gasteiger partial charge in [-0.05, 0) is 18.2 Å². The molecule has 0 saturated heterocycles. The summed E-state index contributed by atoms with van der Waals surface area (Å²) in [5, 5.41) is 1.77. The first kappa shape index (κ1) is 66.3. The maximum Gasteiger partial charge on any atom is 0.460 e. The van der Waals surface area contributed by atoms with E-state index in [1.165, 1.54) is 0 Å². The van der Waals surface area contributed by atoms with Crippen molar-refractivity contribution in [2.75, 3.05) is 18.5 Å². The standard InChI is InChI=1S/C33H21F34NO5/c1-17(2,3)16(71)68-13-9-11(14(69)72-6-4-18(34,35)20(38,39)22(42,43)24(46,47)26(50,51)28(54,55)30(58,59)32(62,63)64)8-12(10-13)15(70)73-7-5-19(36,37)21(40,41)23(44,45)25(48,49)27(52,53)29(56,57)31(60,61)33(65,66)67/h8-10H,4-7H2,1-3H3,(H,68,71). The van der Waals surface area contributed by atoms with Gasteiger partial charge in [0.15, 0.2) is 0 Å². The van der Waals surface area contributed by atoms with Gasteiger partial charge in [-0.3, -0.25) is 4.79 Å². The average molecular weight is 1160 g/mol. The summed E-state index contributed by atoms with van der Waals surface area (Å²) in [6, 6.07) is 0.159. The first-order valence-corrected chi connectivity index (χ1v) is 17.7. The molecule has 40 heteroatoms. The number of carbonyl (C=O) groups is 3. The summed E-state index contributed by atoms with van der Waals surface area (Å²) in [6.07, 6.45) is -23.0. The third-order valence-electron chi connectivity index (χ3n) is 9.22. The highest BCUT2D eigenvalue weighted by Crippen LogP contribution is 2.66. The van der Waals surface area contributed by atoms with Crippen LogP contribution in [0.5, 0.6) is 0 Å². The van der Waals surface area contributed by atoms with Crippen LogP contribution in [0.2, 0.25) is 0 Å². The van der Waals surface area contributed by atoms with Gasteiger partial charge in [0.2, 0.25) is 5.91 Å². The SMILES string of the molecule is CC(C)(C)C(=O)Nc1cc(C(=O)OCCC(F)(F)C(F)(F)C(F)(F)C(F)(F)C(F)(F)C(F)(F)C(F)(F)C(F)(F)F)cc(C(=O)OCCC(F)(F)C(F)(F)C(F)(F)C(F)(F)C(F)(F)C(F)(F)C(F)(F)C(F)(F)F)c1. The fourth-order valence-corrected chi connectivity index (χ4v) is 4.67. The molecule has 73 heavy (non-hydrogen) atoms. The summed E-state index contributed by atoms with van der Waals surface area (Å²) in [4.78, 5) is 37.6. The van der Waals surface area contributed by atoms with E-state index in [0.29, 0.717) is 0 Å². The molecule has 0 heterocycles. The van der Waals surface area contributed by atoms with Gasteiger partial charge in [-0.25, -0.2) is 9.59 Å². The van der Waals surface area contributed by atoms with Crippen molar-refractivity contribution in [2.24, 2.45) is 5.41 Å². The molecule has 0 saturated carbocycles. The number of hydrogen-bond acceptors (Lipinski definition) is 5. The number of esters is 2. The molecular formula is C33H21F34NO5. The molecule has 0 atom stereocenters. The Bertz CT molecular complexity index is 2050. The fourth-order valence-electron chi connectivity index (χ4n) is 4.67. The molecule has 1 aromatic carbocycles. The zero-order valence-corrected chi connectivity index (χ0v) is 34.5. The lowest BCUT2D eigenvalue weighted by Crippen LogP contribution is -2.74. The average Bonchev–Trinajstić information content (AvgIpc) is 3.18. The molecule has 0 aliphatic carbocycles. The molecule has 426 valence electrons. The largest absolute Gasteiger partial charge is 0.462 e. The predicted octanol–water partition coefficient (Wildman–Crippen LogP) is 13.8. The number of amides is 1. The minimum Gasteiger partial charge on any atom is -0.462 e. The fraction of sp³-hybridized carbons (Fsp3) is 0.727. The van der Waals surface area contributed by atoms with Crippen LogP contribution >= 0.6 is 0 Å². The summed E-state index contributed by atoms with van der Waals surface area (Å²) < 4.78 is 469. The number of nitrogens with one attached hydrogen (secondary N) is 1. The van der Waals surface area contributed by atoms with Crippen LogP contribution < -0.4 is 5.32 Å². The van der Waals surface area contributed by atoms with Crippen LogP contribution in [-0.4, -0.2) is 126 Å². The molecular weight excluding hydrogens is 1140 g/mol. The zero-order valence-electron chi connectivity index (χ0n) is 34.5. The summed E-state index contributed by atoms with van der Waals surface area (Å²) in [7, 11) is 0. The Morgan fingerprint density at radius 3 is 0.795 bits per heavy atom. The van der Waals surface area contributed by atoms with Crippen molar-refractivity contribution in [2.45, 2.75) is 129 Å². The van der Waals surface area contributed by atoms with Gasteiger partial charge in [-0.2, -0.15) is 149 Å². The molecule has 1 rings (SSSR count). The molecule has 0 aromatic heterocycles. The Hall–Kier alpha value is -4.75. The topological polar surface area (TPSA) is 81.7 Å². The first-order valence-electron chi connectivity index (χ1n) is 17.7. The molecule has 1 N–H and O–H groups in total. The zero-order chi connectivity index (χ0) is 59.0. The van der Waals surface area contributed by atoms with E-state index in [-0.39, 0.29) is 18.2 Å². The van der Waals surface area contributed by atoms with Crippen LogP contribution in [0.1, 0.15) is 54.3 Å². The lowest BCUT2D eigenvalue weighted by molar-refractivity contribution is -0.461. The van der Waals surface area contributed by atoms with Gasteiger partial charge in [-0.1, -0.05) is 20.8 Å². The van der Waals surface area contributed by atoms with Gasteiger partial charge in [0.25, 0.3) is 0 Å². The van der Waals surface area contributed by atoms with Gasteiger partial charge in [0, 0.05) is 11.1 Å². The molecule has 1 aromatic rings. The Morgan fingerprint density at radius 2 is 0.575 bits per heavy atom. The molecule has 6 nitrogen and oxygen atoms in total. The lowest BCUT2D eigenvalue weighted by atomic mass is 9.88. The van der Waals surface area contributed by atoms with Crippen molar-refractivity contribution < 1.29 is 173 Å². The molecule has 0 radical (unpaired) electrons. The number of carbonyl (C=O) groups excluding carboxylic acids is 3. The van der Waals surface area contributed by atoms with Crippen LogP contribution in [0.4, 0.5) is 155 Å². The Morgan fingerprint density at radius 1 is 0.356 bits per heavy atom. The van der Waals surface area contributed by atoms with E-state index in [9.17, 15) is 164 Å². The van der Waals surface area contributed by atoms with E-state index in [0.717, 1.165) is 20.8 Å². The van der Waals surface area contributed by atoms with Crippen LogP contribution in [-0.2, 0) is 14.3 Å². The number of anilines is 1. The van der Waals surface area contributed by atoms with Crippen molar-refractivity contribution in [1.82, 2.24) is 0 Å². The maximum atomic E-state index is 14.3. The summed E-state index contributed by atoms with van der Waals surface area (Å²) in [5.41, 5.74) is -5.79. The van der Waals surface area contributed by atoms with Crippen LogP contribution in [0.3, 0.4) is 0 Å². The van der Waals surface area contributed by atoms with Crippen LogP contribution in [0.25, 0.3) is 0 Å². The second-order valence-corrected chi connectivity index (χ2v) is 15.6. The molecule has 0 spiro atoms. The van der Waals surface area contributed by atoms with Gasteiger partial charge >= 0.3 is 107 Å². The van der Waals surface area contributed by atoms with E-state index in [1.54, 1.807) is 5.32 Å². The Kier molecular flexibility index (Phi) is 17.1. The third kappa shape index (κ3) is 10.5. The lowest BCUT2D eigenvalue weighted by Gasteiger charge is -2.42. The van der Waals surface area contributed by atoms with Gasteiger partial charge < -0.3 is 14.8 Å². The van der Waals surface area contributed by atoms with Gasteiger partial charge in [-0.15, -0.1) is 0 Å². The van der Waals surface area contributed by atoms with Crippen molar-refractivity contribution in [3.63, 3.8) is 0 Å². The Labute approximate surface area is 379 Å². The number of ether oxygens (including phenoxy) is 2. The third-order valence-corrected chi connectivity index (χ3v) is 9.22. The number of rotatable bonds is 21. The van der Waals surface area contributed by atoms with Crippen LogP contribution in [0.15, 0.2) is 18.2 Å². The van der Waals surface area contributed by atoms with E-state index in [1.807, 2.05) is 0 Å². The summed E-state index contributed by atoms with van der Waals surface area (Å²) >= 11 is 0. The summed E-state index contributed by atoms with van der Waals surface area (Å²) in [6.45, 7) is -2.18. The molecule has 0 bridgehead atoms. The van der Waals surface area contributed by atoms with Gasteiger partial charge in [0.05, 0.1) is 37.2 Å². The molecule has 0 aliphatic heterocycles. The highest BCUT2D eigenvalue weighted by atomic mass is 19.4. The molecule has 1 amide bonds. The maximum absolute atomic E-state index is 14.3. The number of alkyl halides is 34. The highest BCUT2D eigenvalue weighted by Gasteiger charge is 2.97. The van der Waals surface area contributed by atoms with E-state index >= 15 is 0 Å². The smallest absolute Gasteiger partial charge is 0.460 e. The van der Waals surface area contributed by atoms with E-state index in [2.05, 4.69) is 9.47 Å². The molecule has 0 aliphatic rings. The predicted molar refractivity (Wildman–Crippen MR) is 166 cm³/mol. The monoisotopic (exact) mass is 1160 g/mol. The van der Waals surface area contributed by atoms with Crippen LogP contribution in [0, 0.1) is 5.41 Å². The molecule has 0 unspecified atom stereocenters. The minimum absolute atomic E-state index is 0.154. The second kappa shape index (κ2) is 18.8. The second-order valence-electron chi connectivity index (χ2n) is 15.6. The first-order chi connectivity index (χ1) is 31.5. The number of benzene rings is 1. The van der Waals surface area contributed by atoms with Crippen molar-refractivity contribution in [3.05, 3.63) is 29.3 Å².